The van der Waals surface area contributed by atoms with E-state index in [1.54, 1.807) is 6.20 Å². The number of hydrogen-bond acceptors (Lipinski definition) is 3. The second-order valence-corrected chi connectivity index (χ2v) is 4.28. The van der Waals surface area contributed by atoms with Gasteiger partial charge in [0.1, 0.15) is 11.7 Å². The molecular weight excluding hydrogens is 293 g/mol. The Hall–Kier alpha value is -1.50. The minimum atomic E-state index is -4.43. The van der Waals surface area contributed by atoms with Crippen molar-refractivity contribution >= 4 is 17.4 Å². The predicted molar refractivity (Wildman–Crippen MR) is 72.7 cm³/mol. The van der Waals surface area contributed by atoms with Gasteiger partial charge in [-0.25, -0.2) is 4.98 Å². The molecule has 1 aromatic rings. The Morgan fingerprint density at radius 1 is 1.40 bits per heavy atom. The molecule has 2 heterocycles. The summed E-state index contributed by atoms with van der Waals surface area (Å²) in [5, 5.41) is 3.37. The molecule has 1 aliphatic rings. The molecule has 0 amide bonds. The van der Waals surface area contributed by atoms with Crippen molar-refractivity contribution in [2.45, 2.75) is 33.5 Å². The standard InChI is InChI=1S/C10H10ClF3N4.C2H6/c1-6-17-8(10(12,13)14)4-18(6)5-9-15-2-7(11)3-16-9;1-2/h2,4H,3,5H2,1H3,(H,15,16);1-2H3. The van der Waals surface area contributed by atoms with E-state index in [0.717, 1.165) is 6.20 Å². The van der Waals surface area contributed by atoms with Crippen LogP contribution in [0.3, 0.4) is 0 Å². The van der Waals surface area contributed by atoms with Crippen molar-refractivity contribution in [3.63, 3.8) is 0 Å². The topological polar surface area (TPSA) is 42.2 Å². The molecule has 0 radical (unpaired) electrons. The molecule has 1 N–H and O–H groups in total. The summed E-state index contributed by atoms with van der Waals surface area (Å²) in [7, 11) is 0. The van der Waals surface area contributed by atoms with Gasteiger partial charge >= 0.3 is 6.18 Å². The molecule has 1 aliphatic heterocycles. The van der Waals surface area contributed by atoms with Crippen LogP contribution in [0, 0.1) is 6.92 Å². The van der Waals surface area contributed by atoms with E-state index in [0.29, 0.717) is 17.4 Å². The molecule has 0 fully saturated rings. The molecule has 2 rings (SSSR count). The molecule has 112 valence electrons. The van der Waals surface area contributed by atoms with Gasteiger partial charge in [-0.05, 0) is 6.92 Å². The summed E-state index contributed by atoms with van der Waals surface area (Å²) < 4.78 is 38.8. The van der Waals surface area contributed by atoms with E-state index in [-0.39, 0.29) is 12.4 Å². The number of alkyl halides is 3. The Bertz CT molecular complexity index is 517. The van der Waals surface area contributed by atoms with Crippen molar-refractivity contribution in [1.29, 1.82) is 0 Å². The predicted octanol–water partition coefficient (Wildman–Crippen LogP) is 3.32. The molecule has 0 saturated carbocycles. The molecular formula is C12H16ClF3N4. The molecule has 0 atom stereocenters. The first kappa shape index (κ1) is 16.6. The summed E-state index contributed by atoms with van der Waals surface area (Å²) in [4.78, 5) is 7.57. The van der Waals surface area contributed by atoms with Crippen LogP contribution in [-0.4, -0.2) is 21.9 Å². The first-order chi connectivity index (χ1) is 9.36. The van der Waals surface area contributed by atoms with Crippen molar-refractivity contribution in [3.05, 3.63) is 28.9 Å². The number of amidine groups is 1. The second kappa shape index (κ2) is 6.78. The van der Waals surface area contributed by atoms with Gasteiger partial charge in [-0.15, -0.1) is 0 Å². The lowest BCUT2D eigenvalue weighted by Crippen LogP contribution is -2.27. The quantitative estimate of drug-likeness (QED) is 0.910. The van der Waals surface area contributed by atoms with E-state index >= 15 is 0 Å². The van der Waals surface area contributed by atoms with Crippen LogP contribution in [0.1, 0.15) is 25.4 Å². The first-order valence-corrected chi connectivity index (χ1v) is 6.49. The fourth-order valence-corrected chi connectivity index (χ4v) is 1.60. The summed E-state index contributed by atoms with van der Waals surface area (Å²) >= 11 is 5.70. The van der Waals surface area contributed by atoms with Gasteiger partial charge < -0.3 is 9.88 Å². The highest BCUT2D eigenvalue weighted by Gasteiger charge is 2.34. The van der Waals surface area contributed by atoms with Crippen LogP contribution in [0.2, 0.25) is 0 Å². The molecule has 0 aliphatic carbocycles. The highest BCUT2D eigenvalue weighted by Crippen LogP contribution is 2.28. The zero-order valence-corrected chi connectivity index (χ0v) is 12.2. The Labute approximate surface area is 120 Å². The lowest BCUT2D eigenvalue weighted by Gasteiger charge is -2.12. The lowest BCUT2D eigenvalue weighted by molar-refractivity contribution is -0.141. The van der Waals surface area contributed by atoms with E-state index in [9.17, 15) is 13.2 Å². The molecule has 1 aromatic heterocycles. The van der Waals surface area contributed by atoms with Crippen LogP contribution >= 0.6 is 11.6 Å². The molecule has 20 heavy (non-hydrogen) atoms. The van der Waals surface area contributed by atoms with Crippen LogP contribution in [0.15, 0.2) is 22.4 Å². The molecule has 0 saturated heterocycles. The summed E-state index contributed by atoms with van der Waals surface area (Å²) in [5.41, 5.74) is -0.898. The number of rotatable bonds is 2. The largest absolute Gasteiger partial charge is 0.434 e. The number of nitrogens with zero attached hydrogens (tertiary/aromatic N) is 3. The molecule has 8 heteroatoms. The zero-order valence-electron chi connectivity index (χ0n) is 11.4. The highest BCUT2D eigenvalue weighted by atomic mass is 35.5. The van der Waals surface area contributed by atoms with Gasteiger partial charge in [0.2, 0.25) is 0 Å². The molecule has 0 aromatic carbocycles. The SMILES string of the molecule is CC.Cc1nc(C(F)(F)F)cn1CC1=NCC(Cl)=CN1. The van der Waals surface area contributed by atoms with Crippen molar-refractivity contribution in [1.82, 2.24) is 14.9 Å². The number of nitrogens with one attached hydrogen (secondary N) is 1. The minimum absolute atomic E-state index is 0.204. The normalized spacial score (nSPS) is 14.8. The summed E-state index contributed by atoms with van der Waals surface area (Å²) in [5.74, 6) is 0.834. The first-order valence-electron chi connectivity index (χ1n) is 6.11. The van der Waals surface area contributed by atoms with Crippen molar-refractivity contribution in [2.75, 3.05) is 6.54 Å². The van der Waals surface area contributed by atoms with Crippen molar-refractivity contribution in [3.8, 4) is 0 Å². The second-order valence-electron chi connectivity index (χ2n) is 3.80. The third kappa shape index (κ3) is 4.26. The van der Waals surface area contributed by atoms with Gasteiger partial charge in [0.05, 0.1) is 18.1 Å². The van der Waals surface area contributed by atoms with Gasteiger partial charge in [-0.2, -0.15) is 13.2 Å². The van der Waals surface area contributed by atoms with Crippen LogP contribution in [0.4, 0.5) is 13.2 Å². The van der Waals surface area contributed by atoms with Gasteiger partial charge in [0.25, 0.3) is 0 Å². The number of imidazole rings is 1. The molecule has 0 unspecified atom stereocenters. The number of halogens is 4. The van der Waals surface area contributed by atoms with Crippen LogP contribution in [-0.2, 0) is 12.7 Å². The van der Waals surface area contributed by atoms with Gasteiger partial charge in [-0.3, -0.25) is 4.99 Å². The van der Waals surface area contributed by atoms with E-state index in [2.05, 4.69) is 15.3 Å². The Morgan fingerprint density at radius 2 is 2.05 bits per heavy atom. The summed E-state index contributed by atoms with van der Waals surface area (Å²) in [6.07, 6.45) is -1.89. The van der Waals surface area contributed by atoms with E-state index < -0.39 is 11.9 Å². The maximum Gasteiger partial charge on any atom is 0.434 e. The Balaban J connectivity index is 0.000000956. The summed E-state index contributed by atoms with van der Waals surface area (Å²) in [6.45, 7) is 6.06. The van der Waals surface area contributed by atoms with Gasteiger partial charge in [0, 0.05) is 12.4 Å². The van der Waals surface area contributed by atoms with Gasteiger partial charge in [-0.1, -0.05) is 25.4 Å². The fraction of sp³-hybridized carbons (Fsp3) is 0.500. The van der Waals surface area contributed by atoms with Crippen molar-refractivity contribution in [2.24, 2.45) is 4.99 Å². The van der Waals surface area contributed by atoms with Gasteiger partial charge in [0.15, 0.2) is 5.69 Å². The summed E-state index contributed by atoms with van der Waals surface area (Å²) in [6, 6.07) is 0. The zero-order chi connectivity index (χ0) is 15.3. The maximum absolute atomic E-state index is 12.5. The average molecular weight is 309 g/mol. The maximum atomic E-state index is 12.5. The Morgan fingerprint density at radius 3 is 2.50 bits per heavy atom. The van der Waals surface area contributed by atoms with E-state index in [1.807, 2.05) is 13.8 Å². The third-order valence-electron chi connectivity index (χ3n) is 2.40. The Kier molecular flexibility index (Phi) is 5.62. The number of aromatic nitrogens is 2. The lowest BCUT2D eigenvalue weighted by atomic mass is 10.4. The molecule has 0 bridgehead atoms. The monoisotopic (exact) mass is 308 g/mol. The van der Waals surface area contributed by atoms with E-state index in [4.69, 9.17) is 11.6 Å². The van der Waals surface area contributed by atoms with Crippen LogP contribution in [0.25, 0.3) is 0 Å². The number of hydrogen-bond donors (Lipinski definition) is 1. The minimum Gasteiger partial charge on any atom is -0.348 e. The van der Waals surface area contributed by atoms with Crippen LogP contribution < -0.4 is 5.32 Å². The molecule has 4 nitrogen and oxygen atoms in total. The smallest absolute Gasteiger partial charge is 0.348 e. The highest BCUT2D eigenvalue weighted by molar-refractivity contribution is 6.30. The van der Waals surface area contributed by atoms with Crippen LogP contribution in [0.5, 0.6) is 0 Å². The third-order valence-corrected chi connectivity index (χ3v) is 2.63. The molecule has 0 spiro atoms. The average Bonchev–Trinajstić information content (AvgIpc) is 2.76. The number of aryl methyl sites for hydroxylation is 1. The van der Waals surface area contributed by atoms with Crippen molar-refractivity contribution < 1.29 is 13.2 Å². The van der Waals surface area contributed by atoms with E-state index in [1.165, 1.54) is 11.5 Å². The number of aliphatic imine (C=N–C) groups is 1. The fourth-order valence-electron chi connectivity index (χ4n) is 1.49.